The molecule has 0 spiro atoms. The molecule has 0 saturated heterocycles. The van der Waals surface area contributed by atoms with Crippen LogP contribution < -0.4 is 14.8 Å². The summed E-state index contributed by atoms with van der Waals surface area (Å²) in [5, 5.41) is 3.87. The van der Waals surface area contributed by atoms with Crippen LogP contribution in [0.2, 0.25) is 0 Å². The number of hydrogen-bond acceptors (Lipinski definition) is 8. The van der Waals surface area contributed by atoms with Crippen LogP contribution >= 0.6 is 11.3 Å². The van der Waals surface area contributed by atoms with Crippen LogP contribution in [0, 0.1) is 6.92 Å². The molecule has 1 amide bonds. The van der Waals surface area contributed by atoms with Gasteiger partial charge in [-0.15, -0.1) is 11.3 Å². The van der Waals surface area contributed by atoms with Crippen LogP contribution in [0.1, 0.15) is 38.5 Å². The summed E-state index contributed by atoms with van der Waals surface area (Å²) < 4.78 is 17.8. The number of aromatic nitrogens is 4. The number of rotatable bonds is 8. The van der Waals surface area contributed by atoms with Crippen LogP contribution in [0.3, 0.4) is 0 Å². The van der Waals surface area contributed by atoms with Crippen molar-refractivity contribution in [2.75, 3.05) is 21.3 Å². The molecule has 33 heavy (non-hydrogen) atoms. The van der Waals surface area contributed by atoms with E-state index in [0.717, 1.165) is 22.3 Å². The van der Waals surface area contributed by atoms with Crippen molar-refractivity contribution in [3.05, 3.63) is 64.3 Å². The van der Waals surface area contributed by atoms with E-state index in [9.17, 15) is 4.79 Å². The minimum absolute atomic E-state index is 0.227. The van der Waals surface area contributed by atoms with Crippen LogP contribution in [0.5, 0.6) is 11.6 Å². The van der Waals surface area contributed by atoms with E-state index in [2.05, 4.69) is 20.3 Å². The standard InChI is InChI=1S/C23H25N5O4S/c1-13-17-22(32-5)25-16(12-30-3)26-23(17)33-19(13)21(29)27-18(20-24-10-11-28(20)2)14-6-8-15(31-4)9-7-14/h6-11,18H,12H2,1-5H3,(H,27,29). The van der Waals surface area contributed by atoms with Gasteiger partial charge in [0.25, 0.3) is 5.91 Å². The van der Waals surface area contributed by atoms with E-state index >= 15 is 0 Å². The Morgan fingerprint density at radius 3 is 2.52 bits per heavy atom. The molecule has 1 N–H and O–H groups in total. The molecule has 0 bridgehead atoms. The third kappa shape index (κ3) is 4.39. The summed E-state index contributed by atoms with van der Waals surface area (Å²) in [6, 6.07) is 7.11. The van der Waals surface area contributed by atoms with Gasteiger partial charge in [-0.05, 0) is 30.2 Å². The Balaban J connectivity index is 1.73. The molecular formula is C23H25N5O4S. The summed E-state index contributed by atoms with van der Waals surface area (Å²) in [7, 11) is 6.64. The van der Waals surface area contributed by atoms with E-state index in [1.807, 2.05) is 49.0 Å². The first-order valence-electron chi connectivity index (χ1n) is 10.2. The molecule has 0 radical (unpaired) electrons. The van der Waals surface area contributed by atoms with Crippen molar-refractivity contribution in [2.24, 2.45) is 7.05 Å². The van der Waals surface area contributed by atoms with Crippen molar-refractivity contribution in [1.29, 1.82) is 0 Å². The number of carbonyl (C=O) groups is 1. The first kappa shape index (κ1) is 22.7. The van der Waals surface area contributed by atoms with Crippen LogP contribution in [0.15, 0.2) is 36.7 Å². The summed E-state index contributed by atoms with van der Waals surface area (Å²) >= 11 is 1.30. The number of ether oxygens (including phenoxy) is 3. The Kier molecular flexibility index (Phi) is 6.57. The number of amides is 1. The third-order valence-corrected chi connectivity index (χ3v) is 6.50. The molecule has 0 aliphatic heterocycles. The summed E-state index contributed by atoms with van der Waals surface area (Å²) in [6.07, 6.45) is 3.56. The number of aryl methyl sites for hydroxylation is 2. The van der Waals surface area contributed by atoms with Gasteiger partial charge in [-0.25, -0.2) is 9.97 Å². The number of fused-ring (bicyclic) bond motifs is 1. The van der Waals surface area contributed by atoms with E-state index in [4.69, 9.17) is 14.2 Å². The van der Waals surface area contributed by atoms with Gasteiger partial charge in [0.1, 0.15) is 29.1 Å². The summed E-state index contributed by atoms with van der Waals surface area (Å²) in [5.74, 6) is 2.15. The van der Waals surface area contributed by atoms with E-state index in [0.29, 0.717) is 27.2 Å². The van der Waals surface area contributed by atoms with Crippen molar-refractivity contribution in [3.63, 3.8) is 0 Å². The molecule has 0 aliphatic carbocycles. The Morgan fingerprint density at radius 2 is 1.91 bits per heavy atom. The number of carbonyl (C=O) groups excluding carboxylic acids is 1. The largest absolute Gasteiger partial charge is 0.497 e. The molecule has 10 heteroatoms. The Hall–Kier alpha value is -3.50. The monoisotopic (exact) mass is 467 g/mol. The molecule has 172 valence electrons. The van der Waals surface area contributed by atoms with Gasteiger partial charge in [0.15, 0.2) is 5.82 Å². The normalized spacial score (nSPS) is 12.0. The molecule has 3 heterocycles. The van der Waals surface area contributed by atoms with Crippen LogP contribution in [-0.2, 0) is 18.4 Å². The summed E-state index contributed by atoms with van der Waals surface area (Å²) in [6.45, 7) is 2.13. The van der Waals surface area contributed by atoms with Crippen molar-refractivity contribution in [2.45, 2.75) is 19.6 Å². The second-order valence-electron chi connectivity index (χ2n) is 7.39. The Morgan fingerprint density at radius 1 is 1.15 bits per heavy atom. The lowest BCUT2D eigenvalue weighted by molar-refractivity contribution is 0.0945. The number of thiophene rings is 1. The minimum Gasteiger partial charge on any atom is -0.497 e. The summed E-state index contributed by atoms with van der Waals surface area (Å²) in [5.41, 5.74) is 1.65. The van der Waals surface area contributed by atoms with Crippen molar-refractivity contribution in [3.8, 4) is 11.6 Å². The molecule has 0 saturated carbocycles. The topological polar surface area (TPSA) is 100 Å². The molecule has 4 rings (SSSR count). The fraction of sp³-hybridized carbons (Fsp3) is 0.304. The van der Waals surface area contributed by atoms with Gasteiger partial charge in [0.05, 0.1) is 24.5 Å². The van der Waals surface area contributed by atoms with Gasteiger partial charge in [-0.3, -0.25) is 4.79 Å². The van der Waals surface area contributed by atoms with Crippen LogP contribution in [0.4, 0.5) is 0 Å². The van der Waals surface area contributed by atoms with E-state index in [-0.39, 0.29) is 12.5 Å². The zero-order valence-corrected chi connectivity index (χ0v) is 19.9. The van der Waals surface area contributed by atoms with Gasteiger partial charge >= 0.3 is 0 Å². The highest BCUT2D eigenvalue weighted by Gasteiger charge is 2.26. The Bertz CT molecular complexity index is 1280. The lowest BCUT2D eigenvalue weighted by Gasteiger charge is -2.19. The number of hydrogen-bond donors (Lipinski definition) is 1. The predicted molar refractivity (Wildman–Crippen MR) is 125 cm³/mol. The lowest BCUT2D eigenvalue weighted by atomic mass is 10.1. The van der Waals surface area contributed by atoms with Crippen molar-refractivity contribution < 1.29 is 19.0 Å². The van der Waals surface area contributed by atoms with Gasteiger partial charge < -0.3 is 24.1 Å². The highest BCUT2D eigenvalue weighted by Crippen LogP contribution is 2.35. The average molecular weight is 468 g/mol. The Labute approximate surface area is 195 Å². The summed E-state index contributed by atoms with van der Waals surface area (Å²) in [4.78, 5) is 28.1. The number of imidazole rings is 1. The highest BCUT2D eigenvalue weighted by molar-refractivity contribution is 7.20. The molecule has 1 unspecified atom stereocenters. The maximum atomic E-state index is 13.5. The molecular weight excluding hydrogens is 442 g/mol. The highest BCUT2D eigenvalue weighted by atomic mass is 32.1. The lowest BCUT2D eigenvalue weighted by Crippen LogP contribution is -2.31. The van der Waals surface area contributed by atoms with E-state index in [1.165, 1.54) is 11.3 Å². The molecule has 0 fully saturated rings. The van der Waals surface area contributed by atoms with Gasteiger partial charge in [0.2, 0.25) is 5.88 Å². The van der Waals surface area contributed by atoms with Gasteiger partial charge in [0, 0.05) is 26.6 Å². The third-order valence-electron chi connectivity index (χ3n) is 5.32. The van der Waals surface area contributed by atoms with Crippen LogP contribution in [-0.4, -0.2) is 46.8 Å². The van der Waals surface area contributed by atoms with E-state index < -0.39 is 6.04 Å². The van der Waals surface area contributed by atoms with E-state index in [1.54, 1.807) is 27.5 Å². The quantitative estimate of drug-likeness (QED) is 0.424. The SMILES string of the molecule is COCc1nc(OC)c2c(C)c(C(=O)NC(c3ccc(OC)cc3)c3nccn3C)sc2n1. The predicted octanol–water partition coefficient (Wildman–Crippen LogP) is 3.42. The molecule has 0 aliphatic rings. The van der Waals surface area contributed by atoms with Gasteiger partial charge in [-0.1, -0.05) is 12.1 Å². The zero-order chi connectivity index (χ0) is 23.5. The van der Waals surface area contributed by atoms with Crippen molar-refractivity contribution >= 4 is 27.5 Å². The molecule has 1 aromatic carbocycles. The smallest absolute Gasteiger partial charge is 0.262 e. The fourth-order valence-corrected chi connectivity index (χ4v) is 4.74. The van der Waals surface area contributed by atoms with Crippen LogP contribution in [0.25, 0.3) is 10.2 Å². The number of nitrogens with one attached hydrogen (secondary N) is 1. The minimum atomic E-state index is -0.454. The molecule has 4 aromatic rings. The number of benzene rings is 1. The first-order chi connectivity index (χ1) is 16.0. The second-order valence-corrected chi connectivity index (χ2v) is 8.39. The molecule has 9 nitrogen and oxygen atoms in total. The molecule has 1 atom stereocenters. The van der Waals surface area contributed by atoms with Gasteiger partial charge in [-0.2, -0.15) is 4.98 Å². The second kappa shape index (κ2) is 9.55. The number of nitrogens with zero attached hydrogens (tertiary/aromatic N) is 4. The molecule has 3 aromatic heterocycles. The zero-order valence-electron chi connectivity index (χ0n) is 19.1. The first-order valence-corrected chi connectivity index (χ1v) is 11.0. The fourth-order valence-electron chi connectivity index (χ4n) is 3.65. The van der Waals surface area contributed by atoms with Crippen molar-refractivity contribution in [1.82, 2.24) is 24.8 Å². The maximum Gasteiger partial charge on any atom is 0.262 e. The maximum absolute atomic E-state index is 13.5. The average Bonchev–Trinajstić information content (AvgIpc) is 3.40. The number of methoxy groups -OCH3 is 3.